The first kappa shape index (κ1) is 19.1. The molecule has 2 N–H and O–H groups in total. The molecule has 0 aliphatic rings. The van der Waals surface area contributed by atoms with Crippen molar-refractivity contribution in [1.82, 2.24) is 5.32 Å². The maximum atomic E-state index is 13.8. The van der Waals surface area contributed by atoms with Crippen LogP contribution in [0.3, 0.4) is 0 Å². The van der Waals surface area contributed by atoms with Crippen LogP contribution in [0.2, 0.25) is 0 Å². The van der Waals surface area contributed by atoms with Crippen molar-refractivity contribution in [3.8, 4) is 0 Å². The zero-order valence-electron chi connectivity index (χ0n) is 14.8. The molecule has 0 aliphatic heterocycles. The van der Waals surface area contributed by atoms with E-state index in [1.54, 1.807) is 25.1 Å². The summed E-state index contributed by atoms with van der Waals surface area (Å²) in [6.07, 6.45) is 0.365. The van der Waals surface area contributed by atoms with Gasteiger partial charge in [0.15, 0.2) is 0 Å². The van der Waals surface area contributed by atoms with Crippen LogP contribution in [0, 0.1) is 5.82 Å². The van der Waals surface area contributed by atoms with Gasteiger partial charge in [0, 0.05) is 18.9 Å². The highest BCUT2D eigenvalue weighted by Gasteiger charge is 2.18. The van der Waals surface area contributed by atoms with Crippen LogP contribution >= 0.6 is 0 Å². The van der Waals surface area contributed by atoms with E-state index in [4.69, 9.17) is 0 Å². The summed E-state index contributed by atoms with van der Waals surface area (Å²) < 4.78 is 13.8. The van der Waals surface area contributed by atoms with E-state index in [1.165, 1.54) is 6.07 Å². The van der Waals surface area contributed by atoms with E-state index in [0.29, 0.717) is 18.5 Å². The van der Waals surface area contributed by atoms with Crippen LogP contribution in [0.4, 0.5) is 4.39 Å². The Morgan fingerprint density at radius 1 is 1.08 bits per heavy atom. The zero-order valence-corrected chi connectivity index (χ0v) is 14.8. The number of carbonyl (C=O) groups excluding carboxylic acids is 1. The number of carbonyl (C=O) groups is 1. The number of amides is 1. The van der Waals surface area contributed by atoms with Gasteiger partial charge in [-0.2, -0.15) is 0 Å². The maximum Gasteiger partial charge on any atom is 0.220 e. The Hall–Kier alpha value is -2.20. The van der Waals surface area contributed by atoms with Crippen LogP contribution in [-0.4, -0.2) is 23.7 Å². The van der Waals surface area contributed by atoms with Crippen LogP contribution < -0.4 is 5.32 Å². The largest absolute Gasteiger partial charge is 0.393 e. The van der Waals surface area contributed by atoms with Gasteiger partial charge in [0.05, 0.1) is 6.10 Å². The Bertz CT molecular complexity index is 673. The average Bonchev–Trinajstić information content (AvgIpc) is 2.59. The number of rotatable bonds is 8. The van der Waals surface area contributed by atoms with Crippen molar-refractivity contribution in [2.24, 2.45) is 0 Å². The number of aliphatic hydroxyl groups excluding tert-OH is 1. The van der Waals surface area contributed by atoms with Gasteiger partial charge < -0.3 is 10.4 Å². The Labute approximate surface area is 148 Å². The highest BCUT2D eigenvalue weighted by Crippen LogP contribution is 2.23. The molecule has 0 fully saturated rings. The van der Waals surface area contributed by atoms with Crippen molar-refractivity contribution >= 4 is 5.91 Å². The predicted octanol–water partition coefficient (Wildman–Crippen LogP) is 3.99. The number of hydrogen-bond acceptors (Lipinski definition) is 2. The summed E-state index contributed by atoms with van der Waals surface area (Å²) in [6, 6.07) is 16.4. The minimum Gasteiger partial charge on any atom is -0.393 e. The highest BCUT2D eigenvalue weighted by molar-refractivity contribution is 5.76. The van der Waals surface area contributed by atoms with E-state index >= 15 is 0 Å². The van der Waals surface area contributed by atoms with E-state index in [9.17, 15) is 14.3 Å². The van der Waals surface area contributed by atoms with Crippen LogP contribution in [0.5, 0.6) is 0 Å². The normalized spacial score (nSPS) is 14.6. The van der Waals surface area contributed by atoms with Gasteiger partial charge in [-0.1, -0.05) is 55.5 Å². The molecule has 2 aromatic rings. The van der Waals surface area contributed by atoms with Crippen LogP contribution in [0.25, 0.3) is 0 Å². The SMILES string of the molecule is CC(O)CC(CNC(=O)CC(C)c1ccccc1F)c1ccccc1. The summed E-state index contributed by atoms with van der Waals surface area (Å²) in [5.41, 5.74) is 1.65. The van der Waals surface area contributed by atoms with Gasteiger partial charge in [-0.3, -0.25) is 4.79 Å². The fraction of sp³-hybridized carbons (Fsp3) is 0.381. The topological polar surface area (TPSA) is 49.3 Å². The lowest BCUT2D eigenvalue weighted by Gasteiger charge is -2.20. The predicted molar refractivity (Wildman–Crippen MR) is 97.9 cm³/mol. The number of halogens is 1. The number of benzene rings is 2. The first-order valence-electron chi connectivity index (χ1n) is 8.71. The summed E-state index contributed by atoms with van der Waals surface area (Å²) >= 11 is 0. The molecule has 4 heteroatoms. The fourth-order valence-corrected chi connectivity index (χ4v) is 3.05. The van der Waals surface area contributed by atoms with Gasteiger partial charge in [0.25, 0.3) is 0 Å². The first-order chi connectivity index (χ1) is 12.0. The van der Waals surface area contributed by atoms with Gasteiger partial charge in [-0.05, 0) is 36.5 Å². The fourth-order valence-electron chi connectivity index (χ4n) is 3.05. The van der Waals surface area contributed by atoms with Crippen molar-refractivity contribution in [3.63, 3.8) is 0 Å². The molecular weight excluding hydrogens is 317 g/mol. The average molecular weight is 343 g/mol. The zero-order chi connectivity index (χ0) is 18.2. The second-order valence-corrected chi connectivity index (χ2v) is 6.62. The molecule has 0 aliphatic carbocycles. The Balaban J connectivity index is 1.93. The molecule has 1 amide bonds. The van der Waals surface area contributed by atoms with Crippen LogP contribution in [0.1, 0.15) is 49.7 Å². The third kappa shape index (κ3) is 5.98. The Kier molecular flexibility index (Phi) is 7.14. The molecule has 3 nitrogen and oxygen atoms in total. The minimum absolute atomic E-state index is 0.0499. The number of hydrogen-bond donors (Lipinski definition) is 2. The minimum atomic E-state index is -0.445. The van der Waals surface area contributed by atoms with E-state index in [2.05, 4.69) is 5.32 Å². The second kappa shape index (κ2) is 9.33. The molecule has 134 valence electrons. The smallest absolute Gasteiger partial charge is 0.220 e. The van der Waals surface area contributed by atoms with Gasteiger partial charge in [-0.25, -0.2) is 4.39 Å². The van der Waals surface area contributed by atoms with Gasteiger partial charge in [0.2, 0.25) is 5.91 Å². The third-order valence-electron chi connectivity index (χ3n) is 4.37. The summed E-state index contributed by atoms with van der Waals surface area (Å²) in [4.78, 5) is 12.3. The van der Waals surface area contributed by atoms with Gasteiger partial charge in [0.1, 0.15) is 5.82 Å². The van der Waals surface area contributed by atoms with Gasteiger partial charge >= 0.3 is 0 Å². The molecule has 2 rings (SSSR count). The molecule has 0 bridgehead atoms. The monoisotopic (exact) mass is 343 g/mol. The molecular formula is C21H26FNO2. The molecule has 3 unspecified atom stereocenters. The number of nitrogens with one attached hydrogen (secondary N) is 1. The van der Waals surface area contributed by atoms with Crippen molar-refractivity contribution in [3.05, 3.63) is 71.5 Å². The lowest BCUT2D eigenvalue weighted by Crippen LogP contribution is -2.30. The van der Waals surface area contributed by atoms with Crippen LogP contribution in [0.15, 0.2) is 54.6 Å². The van der Waals surface area contributed by atoms with E-state index in [0.717, 1.165) is 5.56 Å². The van der Waals surface area contributed by atoms with E-state index in [-0.39, 0.29) is 30.0 Å². The third-order valence-corrected chi connectivity index (χ3v) is 4.37. The lowest BCUT2D eigenvalue weighted by atomic mass is 9.93. The van der Waals surface area contributed by atoms with Crippen molar-refractivity contribution in [1.29, 1.82) is 0 Å². The Morgan fingerprint density at radius 3 is 2.36 bits per heavy atom. The van der Waals surface area contributed by atoms with Gasteiger partial charge in [-0.15, -0.1) is 0 Å². The summed E-state index contributed by atoms with van der Waals surface area (Å²) in [7, 11) is 0. The molecule has 25 heavy (non-hydrogen) atoms. The molecule has 3 atom stereocenters. The molecule has 0 heterocycles. The first-order valence-corrected chi connectivity index (χ1v) is 8.71. The molecule has 0 saturated carbocycles. The standard InChI is InChI=1S/C21H26FNO2/c1-15(19-10-6-7-11-20(19)22)12-21(25)23-14-18(13-16(2)24)17-8-4-3-5-9-17/h3-11,15-16,18,24H,12-14H2,1-2H3,(H,23,25). The number of aliphatic hydroxyl groups is 1. The quantitative estimate of drug-likeness (QED) is 0.761. The molecule has 2 aromatic carbocycles. The highest BCUT2D eigenvalue weighted by atomic mass is 19.1. The molecule has 0 spiro atoms. The van der Waals surface area contributed by atoms with Crippen molar-refractivity contribution < 1.29 is 14.3 Å². The lowest BCUT2D eigenvalue weighted by molar-refractivity contribution is -0.121. The van der Waals surface area contributed by atoms with E-state index < -0.39 is 6.10 Å². The molecule has 0 saturated heterocycles. The summed E-state index contributed by atoms with van der Waals surface area (Å²) in [5.74, 6) is -0.525. The molecule has 0 radical (unpaired) electrons. The maximum absolute atomic E-state index is 13.8. The van der Waals surface area contributed by atoms with Crippen molar-refractivity contribution in [2.45, 2.75) is 44.6 Å². The second-order valence-electron chi connectivity index (χ2n) is 6.62. The van der Waals surface area contributed by atoms with Crippen molar-refractivity contribution in [2.75, 3.05) is 6.54 Å². The Morgan fingerprint density at radius 2 is 1.72 bits per heavy atom. The van der Waals surface area contributed by atoms with Crippen LogP contribution in [-0.2, 0) is 4.79 Å². The summed E-state index contributed by atoms with van der Waals surface area (Å²) in [5, 5.41) is 12.7. The van der Waals surface area contributed by atoms with E-state index in [1.807, 2.05) is 37.3 Å². The molecule has 0 aromatic heterocycles. The summed E-state index contributed by atoms with van der Waals surface area (Å²) in [6.45, 7) is 4.05.